The highest BCUT2D eigenvalue weighted by Gasteiger charge is 2.69. The van der Waals surface area contributed by atoms with E-state index in [2.05, 4.69) is 76.2 Å². The van der Waals surface area contributed by atoms with Gasteiger partial charge in [-0.15, -0.1) is 0 Å². The maximum absolute atomic E-state index is 12.8. The summed E-state index contributed by atoms with van der Waals surface area (Å²) in [6, 6.07) is 0. The first-order valence-electron chi connectivity index (χ1n) is 22.7. The van der Waals surface area contributed by atoms with Gasteiger partial charge in [0, 0.05) is 17.8 Å². The summed E-state index contributed by atoms with van der Waals surface area (Å²) < 4.78 is 42.7. The molecule has 0 aromatic carbocycles. The Balaban J connectivity index is 1.21. The third-order valence-corrected chi connectivity index (χ3v) is 18.5. The third kappa shape index (κ3) is 6.73. The van der Waals surface area contributed by atoms with Crippen molar-refractivity contribution in [2.45, 2.75) is 209 Å². The second kappa shape index (κ2) is 15.2. The van der Waals surface area contributed by atoms with Crippen molar-refractivity contribution in [1.29, 1.82) is 0 Å². The van der Waals surface area contributed by atoms with Crippen LogP contribution < -0.4 is 0 Å². The van der Waals surface area contributed by atoms with Crippen LogP contribution in [0.2, 0.25) is 0 Å². The summed E-state index contributed by atoms with van der Waals surface area (Å²) >= 11 is 0. The maximum atomic E-state index is 12.8. The Bertz CT molecular complexity index is 1420. The van der Waals surface area contributed by atoms with Gasteiger partial charge < -0.3 is 33.5 Å². The number of rotatable bonds is 9. The standard InChI is InChI=1S/C47H78O8/c1-14-34-29(7)27(5)31(9)41(51-34)53-38-32(10)35(15-2)52-42(39(38)54-40-30(8)26(4)28(6)33(11)50-40)55-47-22-18-37-44(12)19-16-20-45(13,43(48)49)36(44)17-21-46(37,24-47)23-25(47)3/h26-42H,3,14-24H2,1-2,4-13H3,(H,48,49)/t26-,27-,28+,29-,30?,31?,32+,33?,34?,35?,36?,37-,38-,39?,40-,41-,42-,44+,45+,46+,47?/m0/s1. The monoisotopic (exact) mass is 771 g/mol. The lowest BCUT2D eigenvalue weighted by Crippen LogP contribution is -2.63. The quantitative estimate of drug-likeness (QED) is 0.183. The predicted octanol–water partition coefficient (Wildman–Crippen LogP) is 10.4. The number of hydrogen-bond acceptors (Lipinski definition) is 7. The zero-order valence-corrected chi connectivity index (χ0v) is 36.6. The number of ether oxygens (including phenoxy) is 6. The smallest absolute Gasteiger partial charge is 0.309 e. The summed E-state index contributed by atoms with van der Waals surface area (Å²) in [7, 11) is 0. The van der Waals surface area contributed by atoms with E-state index in [0.29, 0.717) is 29.6 Å². The Morgan fingerprint density at radius 1 is 0.709 bits per heavy atom. The fraction of sp³-hybridized carbons (Fsp3) is 0.936. The Morgan fingerprint density at radius 2 is 1.29 bits per heavy atom. The van der Waals surface area contributed by atoms with Gasteiger partial charge in [0.15, 0.2) is 18.9 Å². The zero-order valence-electron chi connectivity index (χ0n) is 36.6. The van der Waals surface area contributed by atoms with Crippen LogP contribution in [0.5, 0.6) is 0 Å². The van der Waals surface area contributed by atoms with Gasteiger partial charge in [0.2, 0.25) is 0 Å². The SMILES string of the molecule is C=C1C[C@@]23CCC4[C@](C)(C(=O)O)CCC[C@@]4(C)[C@@H]2CCC1(O[C@@H]1OC(CC)[C@@H](C)[C@H](O[C@@H]2OC(CC)[C@@H](C)[C@H](C)C2C)C1O[C@@H]1OC(C)[C@H](C)[C@H](C)C1C)C3. The van der Waals surface area contributed by atoms with E-state index in [4.69, 9.17) is 35.0 Å². The molecule has 8 heteroatoms. The molecule has 8 unspecified atom stereocenters. The molecule has 4 saturated carbocycles. The van der Waals surface area contributed by atoms with Crippen molar-refractivity contribution < 1.29 is 38.3 Å². The first-order valence-corrected chi connectivity index (χ1v) is 22.7. The Labute approximate surface area is 333 Å². The number of hydrogen-bond donors (Lipinski definition) is 1. The topological polar surface area (TPSA) is 92.7 Å². The van der Waals surface area contributed by atoms with Crippen molar-refractivity contribution in [2.75, 3.05) is 0 Å². The van der Waals surface area contributed by atoms with E-state index in [1.807, 2.05) is 6.92 Å². The molecular weight excluding hydrogens is 693 g/mol. The molecule has 55 heavy (non-hydrogen) atoms. The summed E-state index contributed by atoms with van der Waals surface area (Å²) in [6.45, 7) is 31.9. The third-order valence-electron chi connectivity index (χ3n) is 18.5. The minimum absolute atomic E-state index is 0.00423. The molecule has 21 atom stereocenters. The summed E-state index contributed by atoms with van der Waals surface area (Å²) in [5.41, 5.74) is 0.0476. The normalized spacial score (nSPS) is 55.4. The lowest BCUT2D eigenvalue weighted by molar-refractivity contribution is -0.381. The molecule has 3 saturated heterocycles. The first-order chi connectivity index (χ1) is 25.9. The van der Waals surface area contributed by atoms with Crippen molar-refractivity contribution in [3.63, 3.8) is 0 Å². The molecule has 7 fully saturated rings. The molecule has 0 amide bonds. The number of carbonyl (C=O) groups is 1. The van der Waals surface area contributed by atoms with Gasteiger partial charge in [-0.2, -0.15) is 0 Å². The number of fused-ring (bicyclic) bond motifs is 3. The van der Waals surface area contributed by atoms with Crippen LogP contribution in [0.25, 0.3) is 0 Å². The lowest BCUT2D eigenvalue weighted by Gasteiger charge is -2.64. The molecule has 314 valence electrons. The Hall–Kier alpha value is -1.03. The van der Waals surface area contributed by atoms with Crippen molar-refractivity contribution in [3.05, 3.63) is 12.2 Å². The fourth-order valence-corrected chi connectivity index (χ4v) is 14.1. The molecule has 3 aliphatic heterocycles. The predicted molar refractivity (Wildman–Crippen MR) is 214 cm³/mol. The largest absolute Gasteiger partial charge is 0.481 e. The average molecular weight is 771 g/mol. The van der Waals surface area contributed by atoms with Gasteiger partial charge in [0.25, 0.3) is 0 Å². The van der Waals surface area contributed by atoms with Gasteiger partial charge in [0.05, 0.1) is 35.4 Å². The highest BCUT2D eigenvalue weighted by atomic mass is 16.8. The number of carboxylic acid groups (broad SMARTS) is 1. The molecule has 1 spiro atoms. The van der Waals surface area contributed by atoms with E-state index >= 15 is 0 Å². The number of aliphatic carboxylic acids is 1. The van der Waals surface area contributed by atoms with Gasteiger partial charge in [-0.1, -0.05) is 82.2 Å². The van der Waals surface area contributed by atoms with Crippen LogP contribution in [0, 0.1) is 69.5 Å². The molecule has 1 N–H and O–H groups in total. The van der Waals surface area contributed by atoms with Crippen molar-refractivity contribution >= 4 is 5.97 Å². The average Bonchev–Trinajstić information content (AvgIpc) is 3.34. The summed E-state index contributed by atoms with van der Waals surface area (Å²) in [6.07, 6.45) is 8.25. The van der Waals surface area contributed by atoms with E-state index in [0.717, 1.165) is 70.6 Å². The molecule has 0 aromatic heterocycles. The van der Waals surface area contributed by atoms with E-state index in [1.54, 1.807) is 0 Å². The van der Waals surface area contributed by atoms with Crippen LogP contribution >= 0.6 is 0 Å². The van der Waals surface area contributed by atoms with E-state index in [9.17, 15) is 9.90 Å². The van der Waals surface area contributed by atoms with Crippen LogP contribution in [-0.2, 0) is 33.2 Å². The fourth-order valence-electron chi connectivity index (χ4n) is 14.1. The van der Waals surface area contributed by atoms with Crippen LogP contribution in [0.3, 0.4) is 0 Å². The molecule has 0 aromatic rings. The van der Waals surface area contributed by atoms with E-state index in [-0.39, 0.29) is 65.2 Å². The summed E-state index contributed by atoms with van der Waals surface area (Å²) in [5, 5.41) is 10.5. The summed E-state index contributed by atoms with van der Waals surface area (Å²) in [4.78, 5) is 12.8. The lowest BCUT2D eigenvalue weighted by atomic mass is 9.41. The second-order valence-electron chi connectivity index (χ2n) is 21.0. The van der Waals surface area contributed by atoms with Crippen LogP contribution in [0.4, 0.5) is 0 Å². The van der Waals surface area contributed by atoms with E-state index in [1.165, 1.54) is 5.57 Å². The first kappa shape index (κ1) is 42.1. The maximum Gasteiger partial charge on any atom is 0.309 e. The van der Waals surface area contributed by atoms with Crippen molar-refractivity contribution in [2.24, 2.45) is 69.5 Å². The molecule has 7 rings (SSSR count). The Morgan fingerprint density at radius 3 is 1.95 bits per heavy atom. The minimum atomic E-state index is -0.663. The van der Waals surface area contributed by atoms with Crippen LogP contribution in [0.1, 0.15) is 154 Å². The highest BCUT2D eigenvalue weighted by molar-refractivity contribution is 5.75. The van der Waals surface area contributed by atoms with Crippen LogP contribution in [0.15, 0.2) is 12.2 Å². The van der Waals surface area contributed by atoms with Gasteiger partial charge in [-0.3, -0.25) is 4.79 Å². The molecular formula is C47H78O8. The molecule has 8 nitrogen and oxygen atoms in total. The van der Waals surface area contributed by atoms with Crippen molar-refractivity contribution in [3.8, 4) is 0 Å². The van der Waals surface area contributed by atoms with Crippen LogP contribution in [-0.4, -0.2) is 66.1 Å². The highest BCUT2D eigenvalue weighted by Crippen LogP contribution is 2.73. The molecule has 3 heterocycles. The Kier molecular flexibility index (Phi) is 11.6. The van der Waals surface area contributed by atoms with Gasteiger partial charge >= 0.3 is 5.97 Å². The summed E-state index contributed by atoms with van der Waals surface area (Å²) in [5.74, 6) is 2.25. The zero-order chi connectivity index (χ0) is 40.0. The molecule has 7 aliphatic rings. The molecule has 0 radical (unpaired) electrons. The van der Waals surface area contributed by atoms with Crippen molar-refractivity contribution in [1.82, 2.24) is 0 Å². The molecule has 4 aliphatic carbocycles. The van der Waals surface area contributed by atoms with E-state index < -0.39 is 35.7 Å². The van der Waals surface area contributed by atoms with Gasteiger partial charge in [0.1, 0.15) is 6.10 Å². The second-order valence-corrected chi connectivity index (χ2v) is 21.0. The molecule has 2 bridgehead atoms. The van der Waals surface area contributed by atoms with Gasteiger partial charge in [-0.05, 0) is 130 Å². The number of carboxylic acids is 1. The van der Waals surface area contributed by atoms with Gasteiger partial charge in [-0.25, -0.2) is 0 Å². The minimum Gasteiger partial charge on any atom is -0.481 e.